The molecule has 25 heavy (non-hydrogen) atoms. The van der Waals surface area contributed by atoms with E-state index < -0.39 is 0 Å². The van der Waals surface area contributed by atoms with Crippen LogP contribution in [0.25, 0.3) is 0 Å². The number of benzene rings is 1. The molecule has 1 saturated heterocycles. The molecule has 0 amide bonds. The first-order valence-electron chi connectivity index (χ1n) is 8.33. The highest BCUT2D eigenvalue weighted by atomic mass is 127. The summed E-state index contributed by atoms with van der Waals surface area (Å²) in [7, 11) is 1.82. The predicted molar refractivity (Wildman–Crippen MR) is 117 cm³/mol. The lowest BCUT2D eigenvalue weighted by Gasteiger charge is -2.20. The largest absolute Gasteiger partial charge is 0.369 e. The molecule has 7 heteroatoms. The number of thiazole rings is 1. The minimum Gasteiger partial charge on any atom is -0.369 e. The van der Waals surface area contributed by atoms with Crippen molar-refractivity contribution < 1.29 is 0 Å². The monoisotopic (exact) mass is 471 g/mol. The van der Waals surface area contributed by atoms with Gasteiger partial charge in [0.2, 0.25) is 0 Å². The van der Waals surface area contributed by atoms with E-state index in [1.54, 1.807) is 11.3 Å². The lowest BCUT2D eigenvalue weighted by atomic mass is 10.2. The van der Waals surface area contributed by atoms with E-state index in [2.05, 4.69) is 56.7 Å². The molecule has 1 aliphatic rings. The quantitative estimate of drug-likeness (QED) is 0.408. The Morgan fingerprint density at radius 1 is 1.32 bits per heavy atom. The molecule has 1 aliphatic heterocycles. The molecule has 1 unspecified atom stereocenters. The normalized spacial score (nSPS) is 17.3. The Hall–Kier alpha value is -1.35. The molecule has 5 nitrogen and oxygen atoms in total. The average molecular weight is 471 g/mol. The summed E-state index contributed by atoms with van der Waals surface area (Å²) in [5, 5.41) is 6.93. The van der Waals surface area contributed by atoms with Crippen LogP contribution < -0.4 is 15.5 Å². The fourth-order valence-electron chi connectivity index (χ4n) is 2.92. The van der Waals surface area contributed by atoms with Gasteiger partial charge in [-0.15, -0.1) is 35.3 Å². The van der Waals surface area contributed by atoms with E-state index in [9.17, 15) is 0 Å². The summed E-state index contributed by atoms with van der Waals surface area (Å²) in [6.07, 6.45) is 1.12. The number of hydrogen-bond acceptors (Lipinski definition) is 4. The highest BCUT2D eigenvalue weighted by Gasteiger charge is 2.23. The van der Waals surface area contributed by atoms with Gasteiger partial charge in [-0.2, -0.15) is 0 Å². The van der Waals surface area contributed by atoms with Crippen molar-refractivity contribution in [1.82, 2.24) is 15.6 Å². The third-order valence-corrected chi connectivity index (χ3v) is 5.35. The third kappa shape index (κ3) is 5.31. The Morgan fingerprint density at radius 2 is 2.08 bits per heavy atom. The van der Waals surface area contributed by atoms with Crippen molar-refractivity contribution in [2.24, 2.45) is 4.99 Å². The number of guanidine groups is 1. The SMILES string of the molecule is CN=C(NCc1scnc1C)NC1CCN(c2ccc(C)cc2)C1.I. The van der Waals surface area contributed by atoms with E-state index >= 15 is 0 Å². The minimum atomic E-state index is 0. The van der Waals surface area contributed by atoms with Crippen LogP contribution in [-0.4, -0.2) is 37.1 Å². The van der Waals surface area contributed by atoms with Crippen LogP contribution in [0.1, 0.15) is 22.6 Å². The minimum absolute atomic E-state index is 0. The number of anilines is 1. The van der Waals surface area contributed by atoms with Gasteiger partial charge in [-0.3, -0.25) is 4.99 Å². The first-order valence-corrected chi connectivity index (χ1v) is 9.21. The number of aryl methyl sites for hydroxylation is 2. The fraction of sp³-hybridized carbons (Fsp3) is 0.444. The van der Waals surface area contributed by atoms with Gasteiger partial charge in [-0.05, 0) is 32.4 Å². The third-order valence-electron chi connectivity index (χ3n) is 4.41. The number of nitrogens with one attached hydrogen (secondary N) is 2. The van der Waals surface area contributed by atoms with Gasteiger partial charge < -0.3 is 15.5 Å². The molecule has 1 aromatic carbocycles. The maximum absolute atomic E-state index is 4.35. The van der Waals surface area contributed by atoms with E-state index in [-0.39, 0.29) is 24.0 Å². The second-order valence-electron chi connectivity index (χ2n) is 6.20. The molecule has 0 saturated carbocycles. The summed E-state index contributed by atoms with van der Waals surface area (Å²) in [6, 6.07) is 9.18. The number of hydrogen-bond donors (Lipinski definition) is 2. The van der Waals surface area contributed by atoms with Crippen LogP contribution in [0.2, 0.25) is 0 Å². The van der Waals surface area contributed by atoms with Crippen LogP contribution in [0.5, 0.6) is 0 Å². The molecule has 0 aliphatic carbocycles. The van der Waals surface area contributed by atoms with Gasteiger partial charge in [0.25, 0.3) is 0 Å². The molecule has 0 bridgehead atoms. The maximum Gasteiger partial charge on any atom is 0.191 e. The Morgan fingerprint density at radius 3 is 2.72 bits per heavy atom. The zero-order chi connectivity index (χ0) is 16.9. The Kier molecular flexibility index (Phi) is 7.49. The number of aliphatic imine (C=N–C) groups is 1. The van der Waals surface area contributed by atoms with Crippen LogP contribution >= 0.6 is 35.3 Å². The smallest absolute Gasteiger partial charge is 0.191 e. The molecule has 0 radical (unpaired) electrons. The molecule has 1 aromatic heterocycles. The number of aromatic nitrogens is 1. The summed E-state index contributed by atoms with van der Waals surface area (Å²) in [6.45, 7) is 7.01. The lowest BCUT2D eigenvalue weighted by Crippen LogP contribution is -2.44. The first kappa shape index (κ1) is 20.0. The van der Waals surface area contributed by atoms with Crippen LogP contribution in [0.4, 0.5) is 5.69 Å². The van der Waals surface area contributed by atoms with E-state index in [1.807, 2.05) is 19.5 Å². The number of nitrogens with zero attached hydrogens (tertiary/aromatic N) is 3. The molecule has 3 rings (SSSR count). The summed E-state index contributed by atoms with van der Waals surface area (Å²) >= 11 is 1.68. The van der Waals surface area contributed by atoms with E-state index in [4.69, 9.17) is 0 Å². The van der Waals surface area contributed by atoms with Gasteiger partial charge in [0.15, 0.2) is 5.96 Å². The lowest BCUT2D eigenvalue weighted by molar-refractivity contribution is 0.649. The van der Waals surface area contributed by atoms with Crippen molar-refractivity contribution in [3.8, 4) is 0 Å². The van der Waals surface area contributed by atoms with Crippen molar-refractivity contribution in [2.45, 2.75) is 32.9 Å². The van der Waals surface area contributed by atoms with E-state index in [1.165, 1.54) is 16.1 Å². The van der Waals surface area contributed by atoms with Crippen LogP contribution in [0, 0.1) is 13.8 Å². The summed E-state index contributed by atoms with van der Waals surface area (Å²) in [5.74, 6) is 0.860. The number of rotatable bonds is 4. The summed E-state index contributed by atoms with van der Waals surface area (Å²) < 4.78 is 0. The van der Waals surface area contributed by atoms with Gasteiger partial charge in [0, 0.05) is 36.7 Å². The van der Waals surface area contributed by atoms with Crippen molar-refractivity contribution in [3.63, 3.8) is 0 Å². The van der Waals surface area contributed by atoms with Gasteiger partial charge >= 0.3 is 0 Å². The van der Waals surface area contributed by atoms with Gasteiger partial charge in [0.1, 0.15) is 0 Å². The molecular weight excluding hydrogens is 445 g/mol. The van der Waals surface area contributed by atoms with E-state index in [0.717, 1.165) is 37.7 Å². The zero-order valence-electron chi connectivity index (χ0n) is 15.0. The Balaban J connectivity index is 0.00000225. The average Bonchev–Trinajstić information content (AvgIpc) is 3.21. The highest BCUT2D eigenvalue weighted by molar-refractivity contribution is 14.0. The van der Waals surface area contributed by atoms with Gasteiger partial charge in [-0.25, -0.2) is 4.98 Å². The predicted octanol–water partition coefficient (Wildman–Crippen LogP) is 3.32. The second kappa shape index (κ2) is 9.38. The standard InChI is InChI=1S/C18H25N5S.HI/c1-13-4-6-16(7-5-13)23-9-8-15(11-23)22-18(19-3)20-10-17-14(2)21-12-24-17;/h4-7,12,15H,8-11H2,1-3H3,(H2,19,20,22);1H. The second-order valence-corrected chi connectivity index (χ2v) is 7.14. The van der Waals surface area contributed by atoms with Gasteiger partial charge in [-0.1, -0.05) is 17.7 Å². The highest BCUT2D eigenvalue weighted by Crippen LogP contribution is 2.20. The summed E-state index contributed by atoms with van der Waals surface area (Å²) in [5.41, 5.74) is 5.58. The summed E-state index contributed by atoms with van der Waals surface area (Å²) in [4.78, 5) is 12.3. The Bertz CT molecular complexity index is 698. The molecule has 0 spiro atoms. The molecule has 1 fully saturated rings. The molecule has 1 atom stereocenters. The van der Waals surface area contributed by atoms with Crippen LogP contribution in [-0.2, 0) is 6.54 Å². The first-order chi connectivity index (χ1) is 11.7. The van der Waals surface area contributed by atoms with Crippen molar-refractivity contribution in [3.05, 3.63) is 45.9 Å². The zero-order valence-corrected chi connectivity index (χ0v) is 18.1. The fourth-order valence-corrected chi connectivity index (χ4v) is 3.63. The molecule has 2 heterocycles. The van der Waals surface area contributed by atoms with Crippen LogP contribution in [0.15, 0.2) is 34.8 Å². The van der Waals surface area contributed by atoms with Gasteiger partial charge in [0.05, 0.1) is 17.7 Å². The molecule has 2 N–H and O–H groups in total. The molecule has 2 aromatic rings. The number of halogens is 1. The van der Waals surface area contributed by atoms with Crippen LogP contribution in [0.3, 0.4) is 0 Å². The molecular formula is C18H26IN5S. The van der Waals surface area contributed by atoms with E-state index in [0.29, 0.717) is 6.04 Å². The van der Waals surface area contributed by atoms with Crippen molar-refractivity contribution in [1.29, 1.82) is 0 Å². The van der Waals surface area contributed by atoms with Crippen molar-refractivity contribution >= 4 is 47.0 Å². The Labute approximate surface area is 171 Å². The maximum atomic E-state index is 4.35. The molecule has 136 valence electrons. The topological polar surface area (TPSA) is 52.6 Å². The van der Waals surface area contributed by atoms with Crippen molar-refractivity contribution in [2.75, 3.05) is 25.0 Å².